The molecule has 1 aromatic heterocycles. The van der Waals surface area contributed by atoms with Crippen molar-refractivity contribution in [2.45, 2.75) is 24.9 Å². The molecule has 2 aromatic rings. The topological polar surface area (TPSA) is 49.8 Å². The molecule has 0 aliphatic rings. The summed E-state index contributed by atoms with van der Waals surface area (Å²) in [7, 11) is 1.86. The summed E-state index contributed by atoms with van der Waals surface area (Å²) >= 11 is 1.53. The van der Waals surface area contributed by atoms with Gasteiger partial charge in [-0.05, 0) is 29.9 Å². The number of rotatable bonds is 5. The van der Waals surface area contributed by atoms with Gasteiger partial charge in [0, 0.05) is 18.8 Å². The molecule has 4 nitrogen and oxygen atoms in total. The van der Waals surface area contributed by atoms with Crippen LogP contribution in [0.15, 0.2) is 35.5 Å². The quantitative estimate of drug-likeness (QED) is 0.640. The van der Waals surface area contributed by atoms with Crippen LogP contribution < -0.4 is 10.6 Å². The number of aromatic nitrogens is 2. The van der Waals surface area contributed by atoms with Gasteiger partial charge in [0.2, 0.25) is 0 Å². The van der Waals surface area contributed by atoms with E-state index in [1.165, 1.54) is 17.3 Å². The molecule has 0 atom stereocenters. The van der Waals surface area contributed by atoms with Crippen LogP contribution in [0.25, 0.3) is 0 Å². The molecule has 0 aliphatic heterocycles. The molecular formula is C15H20N4S. The predicted molar refractivity (Wildman–Crippen MR) is 87.2 cm³/mol. The molecule has 0 amide bonds. The lowest BCUT2D eigenvalue weighted by Gasteiger charge is -2.11. The molecule has 0 bridgehead atoms. The van der Waals surface area contributed by atoms with Gasteiger partial charge in [0.05, 0.1) is 0 Å². The number of thioether (sulfide) groups is 1. The van der Waals surface area contributed by atoms with E-state index in [9.17, 15) is 0 Å². The Morgan fingerprint density at radius 2 is 1.85 bits per heavy atom. The summed E-state index contributed by atoms with van der Waals surface area (Å²) in [6.07, 6.45) is 1.97. The van der Waals surface area contributed by atoms with Crippen LogP contribution >= 0.6 is 11.8 Å². The van der Waals surface area contributed by atoms with Gasteiger partial charge in [-0.25, -0.2) is 9.97 Å². The number of benzene rings is 1. The molecule has 5 heteroatoms. The summed E-state index contributed by atoms with van der Waals surface area (Å²) in [5.74, 6) is 2.12. The highest BCUT2D eigenvalue weighted by atomic mass is 32.2. The van der Waals surface area contributed by atoms with Gasteiger partial charge in [-0.2, -0.15) is 0 Å². The Morgan fingerprint density at radius 1 is 1.10 bits per heavy atom. The third-order valence-electron chi connectivity index (χ3n) is 2.97. The Labute approximate surface area is 124 Å². The largest absolute Gasteiger partial charge is 0.373 e. The van der Waals surface area contributed by atoms with Crippen LogP contribution in [0, 0.1) is 0 Å². The SMILES string of the molecule is CNc1cc(Nc2cccc(C(C)C)c2)nc(SC)n1. The molecule has 0 spiro atoms. The van der Waals surface area contributed by atoms with Gasteiger partial charge >= 0.3 is 0 Å². The molecule has 20 heavy (non-hydrogen) atoms. The van der Waals surface area contributed by atoms with Crippen molar-refractivity contribution >= 4 is 29.1 Å². The van der Waals surface area contributed by atoms with Crippen LogP contribution in [0.2, 0.25) is 0 Å². The maximum Gasteiger partial charge on any atom is 0.191 e. The van der Waals surface area contributed by atoms with Gasteiger partial charge in [-0.15, -0.1) is 0 Å². The van der Waals surface area contributed by atoms with E-state index in [0.717, 1.165) is 22.5 Å². The minimum atomic E-state index is 0.511. The molecule has 0 fully saturated rings. The van der Waals surface area contributed by atoms with Crippen LogP contribution in [0.4, 0.5) is 17.3 Å². The fraction of sp³-hybridized carbons (Fsp3) is 0.333. The monoisotopic (exact) mass is 288 g/mol. The van der Waals surface area contributed by atoms with E-state index in [0.29, 0.717) is 5.92 Å². The van der Waals surface area contributed by atoms with Crippen molar-refractivity contribution in [1.82, 2.24) is 9.97 Å². The third kappa shape index (κ3) is 3.63. The lowest BCUT2D eigenvalue weighted by atomic mass is 10.0. The maximum absolute atomic E-state index is 4.47. The van der Waals surface area contributed by atoms with Crippen molar-refractivity contribution in [3.05, 3.63) is 35.9 Å². The number of hydrogen-bond donors (Lipinski definition) is 2. The summed E-state index contributed by atoms with van der Waals surface area (Å²) in [5, 5.41) is 7.15. The molecule has 106 valence electrons. The second kappa shape index (κ2) is 6.61. The summed E-state index contributed by atoms with van der Waals surface area (Å²) < 4.78 is 0. The molecule has 2 N–H and O–H groups in total. The number of nitrogens with zero attached hydrogens (tertiary/aromatic N) is 2. The van der Waals surface area contributed by atoms with Crippen molar-refractivity contribution in [2.24, 2.45) is 0 Å². The normalized spacial score (nSPS) is 10.7. The van der Waals surface area contributed by atoms with Crippen LogP contribution in [0.1, 0.15) is 25.3 Å². The van der Waals surface area contributed by atoms with E-state index < -0.39 is 0 Å². The molecule has 0 aliphatic carbocycles. The van der Waals surface area contributed by atoms with E-state index >= 15 is 0 Å². The smallest absolute Gasteiger partial charge is 0.191 e. The molecule has 0 radical (unpaired) electrons. The highest BCUT2D eigenvalue weighted by molar-refractivity contribution is 7.98. The van der Waals surface area contributed by atoms with Gasteiger partial charge in [0.1, 0.15) is 11.6 Å². The van der Waals surface area contributed by atoms with Crippen molar-refractivity contribution in [2.75, 3.05) is 23.9 Å². The first-order valence-corrected chi connectivity index (χ1v) is 7.82. The zero-order valence-electron chi connectivity index (χ0n) is 12.3. The van der Waals surface area contributed by atoms with Crippen LogP contribution in [0.3, 0.4) is 0 Å². The summed E-state index contributed by atoms with van der Waals surface area (Å²) in [6.45, 7) is 4.38. The zero-order chi connectivity index (χ0) is 14.5. The molecule has 1 aromatic carbocycles. The zero-order valence-corrected chi connectivity index (χ0v) is 13.1. The lowest BCUT2D eigenvalue weighted by molar-refractivity contribution is 0.867. The summed E-state index contributed by atoms with van der Waals surface area (Å²) in [6, 6.07) is 10.3. The highest BCUT2D eigenvalue weighted by Gasteiger charge is 2.05. The number of anilines is 3. The fourth-order valence-electron chi connectivity index (χ4n) is 1.83. The Morgan fingerprint density at radius 3 is 2.50 bits per heavy atom. The van der Waals surface area contributed by atoms with Gasteiger partial charge in [-0.3, -0.25) is 0 Å². The molecule has 0 saturated heterocycles. The van der Waals surface area contributed by atoms with Crippen molar-refractivity contribution < 1.29 is 0 Å². The van der Waals surface area contributed by atoms with Gasteiger partial charge in [0.15, 0.2) is 5.16 Å². The average Bonchev–Trinajstić information content (AvgIpc) is 2.47. The maximum atomic E-state index is 4.47. The van der Waals surface area contributed by atoms with E-state index in [-0.39, 0.29) is 0 Å². The summed E-state index contributed by atoms with van der Waals surface area (Å²) in [5.41, 5.74) is 2.35. The van der Waals surface area contributed by atoms with Gasteiger partial charge < -0.3 is 10.6 Å². The number of hydrogen-bond acceptors (Lipinski definition) is 5. The second-order valence-corrected chi connectivity index (χ2v) is 5.55. The van der Waals surface area contributed by atoms with E-state index in [1.54, 1.807) is 0 Å². The fourth-order valence-corrected chi connectivity index (χ4v) is 2.21. The minimum Gasteiger partial charge on any atom is -0.373 e. The van der Waals surface area contributed by atoms with Crippen molar-refractivity contribution in [1.29, 1.82) is 0 Å². The standard InChI is InChI=1S/C15H20N4S/c1-10(2)11-6-5-7-12(8-11)17-14-9-13(16-3)18-15(19-14)20-4/h5-10H,1-4H3,(H2,16,17,18,19). The molecular weight excluding hydrogens is 268 g/mol. The minimum absolute atomic E-state index is 0.511. The summed E-state index contributed by atoms with van der Waals surface area (Å²) in [4.78, 5) is 8.83. The Bertz CT molecular complexity index is 562. The number of nitrogens with one attached hydrogen (secondary N) is 2. The van der Waals surface area contributed by atoms with E-state index in [4.69, 9.17) is 0 Å². The second-order valence-electron chi connectivity index (χ2n) is 4.78. The first-order chi connectivity index (χ1) is 9.62. The van der Waals surface area contributed by atoms with Gasteiger partial charge in [-0.1, -0.05) is 37.7 Å². The van der Waals surface area contributed by atoms with Crippen molar-refractivity contribution in [3.63, 3.8) is 0 Å². The lowest BCUT2D eigenvalue weighted by Crippen LogP contribution is -2.01. The average molecular weight is 288 g/mol. The van der Waals surface area contributed by atoms with Crippen LogP contribution in [-0.4, -0.2) is 23.3 Å². The van der Waals surface area contributed by atoms with Crippen LogP contribution in [-0.2, 0) is 0 Å². The first-order valence-electron chi connectivity index (χ1n) is 6.60. The molecule has 1 heterocycles. The van der Waals surface area contributed by atoms with Crippen molar-refractivity contribution in [3.8, 4) is 0 Å². The highest BCUT2D eigenvalue weighted by Crippen LogP contribution is 2.23. The first kappa shape index (κ1) is 14.7. The molecule has 2 rings (SSSR count). The molecule has 0 unspecified atom stereocenters. The van der Waals surface area contributed by atoms with E-state index in [1.807, 2.05) is 25.4 Å². The predicted octanol–water partition coefficient (Wildman–Crippen LogP) is 4.11. The van der Waals surface area contributed by atoms with Gasteiger partial charge in [0.25, 0.3) is 0 Å². The van der Waals surface area contributed by atoms with Crippen LogP contribution in [0.5, 0.6) is 0 Å². The van der Waals surface area contributed by atoms with E-state index in [2.05, 4.69) is 52.6 Å². The Hall–Kier alpha value is -1.75. The molecule has 0 saturated carbocycles. The third-order valence-corrected chi connectivity index (χ3v) is 3.52. The Kier molecular flexibility index (Phi) is 4.84. The Balaban J connectivity index is 2.27.